The molecule has 1 aromatic carbocycles. The Morgan fingerprint density at radius 3 is 2.63 bits per heavy atom. The number of hydrogen-bond acceptors (Lipinski definition) is 2. The van der Waals surface area contributed by atoms with Crippen molar-refractivity contribution in [3.05, 3.63) is 29.6 Å². The predicted octanol–water partition coefficient (Wildman–Crippen LogP) is 4.23. The Kier molecular flexibility index (Phi) is 4.23. The second-order valence-corrected chi connectivity index (χ2v) is 5.68. The number of halogens is 1. The molecule has 0 aliphatic heterocycles. The maximum Gasteiger partial charge on any atom is 0.166 e. The summed E-state index contributed by atoms with van der Waals surface area (Å²) in [6.07, 6.45) is 2.96. The minimum Gasteiger partial charge on any atom is -0.487 e. The van der Waals surface area contributed by atoms with Crippen LogP contribution in [-0.2, 0) is 0 Å². The molecule has 3 heteroatoms. The summed E-state index contributed by atoms with van der Waals surface area (Å²) in [5.74, 6) is 0.784. The molecule has 0 bridgehead atoms. The fraction of sp³-hybridized carbons (Fsp3) is 0.562. The van der Waals surface area contributed by atoms with Gasteiger partial charge in [-0.1, -0.05) is 19.9 Å². The molecule has 0 heterocycles. The van der Waals surface area contributed by atoms with Crippen molar-refractivity contribution in [3.8, 4) is 5.75 Å². The van der Waals surface area contributed by atoms with E-state index in [-0.39, 0.29) is 17.6 Å². The number of benzene rings is 1. The van der Waals surface area contributed by atoms with Crippen molar-refractivity contribution >= 4 is 5.78 Å². The number of carbonyl (C=O) groups is 1. The fourth-order valence-electron chi connectivity index (χ4n) is 2.68. The van der Waals surface area contributed by atoms with Crippen LogP contribution in [0.5, 0.6) is 5.75 Å². The number of ether oxygens (including phenoxy) is 1. The van der Waals surface area contributed by atoms with Crippen LogP contribution in [0.25, 0.3) is 0 Å². The van der Waals surface area contributed by atoms with Crippen molar-refractivity contribution < 1.29 is 13.9 Å². The molecule has 104 valence electrons. The van der Waals surface area contributed by atoms with E-state index in [2.05, 4.69) is 13.8 Å². The lowest BCUT2D eigenvalue weighted by Crippen LogP contribution is -2.29. The summed E-state index contributed by atoms with van der Waals surface area (Å²) in [7, 11) is 0. The summed E-state index contributed by atoms with van der Waals surface area (Å²) in [5, 5.41) is 0. The molecule has 0 aromatic heterocycles. The lowest BCUT2D eigenvalue weighted by atomic mass is 9.80. The molecule has 19 heavy (non-hydrogen) atoms. The van der Waals surface area contributed by atoms with E-state index in [4.69, 9.17) is 4.74 Å². The van der Waals surface area contributed by atoms with Crippen molar-refractivity contribution in [2.45, 2.75) is 46.1 Å². The quantitative estimate of drug-likeness (QED) is 0.764. The van der Waals surface area contributed by atoms with E-state index in [1.165, 1.54) is 13.0 Å². The average Bonchev–Trinajstić information content (AvgIpc) is 2.36. The van der Waals surface area contributed by atoms with Crippen molar-refractivity contribution in [1.82, 2.24) is 0 Å². The molecule has 0 radical (unpaired) electrons. The predicted molar refractivity (Wildman–Crippen MR) is 73.0 cm³/mol. The highest BCUT2D eigenvalue weighted by atomic mass is 19.1. The molecular weight excluding hydrogens is 243 g/mol. The minimum atomic E-state index is -0.445. The van der Waals surface area contributed by atoms with Crippen LogP contribution >= 0.6 is 0 Å². The van der Waals surface area contributed by atoms with E-state index >= 15 is 0 Å². The summed E-state index contributed by atoms with van der Waals surface area (Å²) in [5.41, 5.74) is 0.339. The smallest absolute Gasteiger partial charge is 0.166 e. The van der Waals surface area contributed by atoms with Gasteiger partial charge in [-0.3, -0.25) is 4.79 Å². The first-order valence-electron chi connectivity index (χ1n) is 6.95. The van der Waals surface area contributed by atoms with Gasteiger partial charge in [0.15, 0.2) is 17.3 Å². The van der Waals surface area contributed by atoms with E-state index in [0.29, 0.717) is 17.4 Å². The number of rotatable bonds is 3. The number of carbonyl (C=O) groups excluding carboxylic acids is 1. The maximum absolute atomic E-state index is 13.9. The van der Waals surface area contributed by atoms with Crippen LogP contribution in [-0.4, -0.2) is 11.9 Å². The second-order valence-electron chi connectivity index (χ2n) is 5.68. The summed E-state index contributed by atoms with van der Waals surface area (Å²) in [6.45, 7) is 5.88. The Labute approximate surface area is 114 Å². The number of para-hydroxylation sites is 1. The Morgan fingerprint density at radius 1 is 1.26 bits per heavy atom. The summed E-state index contributed by atoms with van der Waals surface area (Å²) >= 11 is 0. The zero-order valence-corrected chi connectivity index (χ0v) is 11.8. The fourth-order valence-corrected chi connectivity index (χ4v) is 2.68. The lowest BCUT2D eigenvalue weighted by Gasteiger charge is -2.32. The zero-order valence-electron chi connectivity index (χ0n) is 11.8. The van der Waals surface area contributed by atoms with E-state index in [1.54, 1.807) is 12.1 Å². The third-order valence-corrected chi connectivity index (χ3v) is 4.18. The first-order valence-corrected chi connectivity index (χ1v) is 6.95. The molecule has 3 unspecified atom stereocenters. The van der Waals surface area contributed by atoms with Crippen molar-refractivity contribution in [2.24, 2.45) is 11.8 Å². The molecule has 2 nitrogen and oxygen atoms in total. The Morgan fingerprint density at radius 2 is 2.00 bits per heavy atom. The largest absolute Gasteiger partial charge is 0.487 e. The van der Waals surface area contributed by atoms with Gasteiger partial charge < -0.3 is 4.74 Å². The van der Waals surface area contributed by atoms with Gasteiger partial charge in [0.2, 0.25) is 0 Å². The topological polar surface area (TPSA) is 26.3 Å². The molecule has 3 atom stereocenters. The van der Waals surface area contributed by atoms with Gasteiger partial charge in [0.25, 0.3) is 0 Å². The maximum atomic E-state index is 13.9. The van der Waals surface area contributed by atoms with Crippen molar-refractivity contribution in [2.75, 3.05) is 0 Å². The molecule has 2 rings (SSSR count). The van der Waals surface area contributed by atoms with Gasteiger partial charge in [-0.15, -0.1) is 0 Å². The molecule has 0 amide bonds. The first-order chi connectivity index (χ1) is 8.99. The van der Waals surface area contributed by atoms with Gasteiger partial charge >= 0.3 is 0 Å². The van der Waals surface area contributed by atoms with Crippen LogP contribution in [0, 0.1) is 17.7 Å². The number of ketones is 1. The summed E-state index contributed by atoms with van der Waals surface area (Å²) in [6, 6.07) is 4.51. The van der Waals surface area contributed by atoms with E-state index < -0.39 is 5.82 Å². The molecule has 0 N–H and O–H groups in total. The SMILES string of the molecule is CC(=O)c1cccc(F)c1OC1CCC(C)C(C)C1. The molecule has 0 spiro atoms. The van der Waals surface area contributed by atoms with Crippen LogP contribution in [0.15, 0.2) is 18.2 Å². The zero-order chi connectivity index (χ0) is 14.0. The Balaban J connectivity index is 2.17. The molecule has 1 fully saturated rings. The van der Waals surface area contributed by atoms with Crippen LogP contribution in [0.2, 0.25) is 0 Å². The third kappa shape index (κ3) is 3.14. The van der Waals surface area contributed by atoms with E-state index in [0.717, 1.165) is 19.3 Å². The van der Waals surface area contributed by atoms with Crippen LogP contribution in [0.1, 0.15) is 50.4 Å². The average molecular weight is 264 g/mol. The highest BCUT2D eigenvalue weighted by Crippen LogP contribution is 2.33. The van der Waals surface area contributed by atoms with Gasteiger partial charge in [-0.2, -0.15) is 0 Å². The van der Waals surface area contributed by atoms with Crippen molar-refractivity contribution in [1.29, 1.82) is 0 Å². The van der Waals surface area contributed by atoms with Gasteiger partial charge in [0, 0.05) is 0 Å². The van der Waals surface area contributed by atoms with Crippen molar-refractivity contribution in [3.63, 3.8) is 0 Å². The highest BCUT2D eigenvalue weighted by Gasteiger charge is 2.27. The van der Waals surface area contributed by atoms with E-state index in [1.807, 2.05) is 0 Å². The monoisotopic (exact) mass is 264 g/mol. The Bertz CT molecular complexity index is 470. The van der Waals surface area contributed by atoms with Gasteiger partial charge in [0.05, 0.1) is 11.7 Å². The third-order valence-electron chi connectivity index (χ3n) is 4.18. The molecule has 0 saturated heterocycles. The molecule has 1 aliphatic carbocycles. The summed E-state index contributed by atoms with van der Waals surface area (Å²) in [4.78, 5) is 11.5. The molecule has 1 saturated carbocycles. The lowest BCUT2D eigenvalue weighted by molar-refractivity contribution is 0.0913. The van der Waals surface area contributed by atoms with Crippen LogP contribution < -0.4 is 4.74 Å². The van der Waals surface area contributed by atoms with Gasteiger partial charge in [-0.05, 0) is 50.2 Å². The number of Topliss-reactive ketones (excluding diaryl/α,β-unsaturated/α-hetero) is 1. The Hall–Kier alpha value is -1.38. The molecule has 1 aromatic rings. The normalized spacial score (nSPS) is 27.1. The van der Waals surface area contributed by atoms with Gasteiger partial charge in [-0.25, -0.2) is 4.39 Å². The standard InChI is InChI=1S/C16H21FO2/c1-10-7-8-13(9-11(10)2)19-16-14(12(3)18)5-4-6-15(16)17/h4-6,10-11,13H,7-9H2,1-3H3. The summed E-state index contributed by atoms with van der Waals surface area (Å²) < 4.78 is 19.7. The molecule has 1 aliphatic rings. The highest BCUT2D eigenvalue weighted by molar-refractivity contribution is 5.96. The van der Waals surface area contributed by atoms with Crippen LogP contribution in [0.4, 0.5) is 4.39 Å². The first kappa shape index (κ1) is 14.0. The molecular formula is C16H21FO2. The second kappa shape index (κ2) is 5.72. The minimum absolute atomic E-state index is 0.0150. The van der Waals surface area contributed by atoms with Gasteiger partial charge in [0.1, 0.15) is 0 Å². The van der Waals surface area contributed by atoms with E-state index in [9.17, 15) is 9.18 Å². The van der Waals surface area contributed by atoms with Crippen LogP contribution in [0.3, 0.4) is 0 Å². The number of hydrogen-bond donors (Lipinski definition) is 0.